The highest BCUT2D eigenvalue weighted by atomic mass is 32.2. The Bertz CT molecular complexity index is 855. The number of aromatic hydroxyl groups is 1. The predicted molar refractivity (Wildman–Crippen MR) is 81.4 cm³/mol. The summed E-state index contributed by atoms with van der Waals surface area (Å²) >= 11 is 5.58. The lowest BCUT2D eigenvalue weighted by Gasteiger charge is -2.12. The molecule has 9 heteroatoms. The van der Waals surface area contributed by atoms with E-state index < -0.39 is 16.9 Å². The number of hydrogen-bond acceptors (Lipinski definition) is 6. The summed E-state index contributed by atoms with van der Waals surface area (Å²) in [5, 5.41) is 13.6. The summed E-state index contributed by atoms with van der Waals surface area (Å²) in [6.45, 7) is 0. The van der Waals surface area contributed by atoms with Crippen molar-refractivity contribution in [3.63, 3.8) is 0 Å². The van der Waals surface area contributed by atoms with Gasteiger partial charge < -0.3 is 5.11 Å². The van der Waals surface area contributed by atoms with E-state index in [0.717, 1.165) is 10.6 Å². The van der Waals surface area contributed by atoms with E-state index in [1.165, 1.54) is 30.0 Å². The molecule has 0 bridgehead atoms. The van der Waals surface area contributed by atoms with Gasteiger partial charge in [0, 0.05) is 11.6 Å². The van der Waals surface area contributed by atoms with Gasteiger partial charge in [0.25, 0.3) is 5.78 Å². The Morgan fingerprint density at radius 1 is 1.32 bits per heavy atom. The molecule has 0 aliphatic carbocycles. The van der Waals surface area contributed by atoms with Gasteiger partial charge in [-0.2, -0.15) is 22.1 Å². The molecule has 1 aromatic carbocycles. The minimum Gasteiger partial charge on any atom is -0.493 e. The smallest absolute Gasteiger partial charge is 0.256 e. The number of fused-ring (bicyclic) bond motifs is 1. The molecular weight excluding hydrogens is 330 g/mol. The van der Waals surface area contributed by atoms with Gasteiger partial charge in [-0.1, -0.05) is 23.9 Å². The second-order valence-electron chi connectivity index (χ2n) is 4.40. The first-order chi connectivity index (χ1) is 10.5. The molecule has 2 heterocycles. The van der Waals surface area contributed by atoms with Crippen LogP contribution in [0.4, 0.5) is 8.78 Å². The van der Waals surface area contributed by atoms with E-state index in [1.54, 1.807) is 6.26 Å². The van der Waals surface area contributed by atoms with Crippen LogP contribution in [0.2, 0.25) is 0 Å². The van der Waals surface area contributed by atoms with E-state index in [9.17, 15) is 13.9 Å². The van der Waals surface area contributed by atoms with Crippen LogP contribution in [-0.2, 0) is 0 Å². The van der Waals surface area contributed by atoms with Crippen molar-refractivity contribution in [2.75, 3.05) is 6.26 Å². The fraction of sp³-hybridized carbons (Fsp3) is 0.154. The molecule has 0 aliphatic heterocycles. The Balaban J connectivity index is 2.11. The number of aromatic nitrogens is 4. The van der Waals surface area contributed by atoms with Crippen molar-refractivity contribution in [1.82, 2.24) is 19.6 Å². The van der Waals surface area contributed by atoms with Gasteiger partial charge in [-0.3, -0.25) is 0 Å². The Hall–Kier alpha value is -1.87. The van der Waals surface area contributed by atoms with Crippen molar-refractivity contribution >= 4 is 30.2 Å². The number of thiol groups is 1. The maximum atomic E-state index is 13.9. The van der Waals surface area contributed by atoms with Crippen molar-refractivity contribution in [1.29, 1.82) is 0 Å². The van der Waals surface area contributed by atoms with Gasteiger partial charge in [0.05, 0.1) is 10.9 Å². The molecule has 1 unspecified atom stereocenters. The standard InChI is InChI=1S/C13H10F2N4OS2/c1-22-13-17-12-16-8(5-9(20)19(12)18-13)11(21)6-3-2-4-7(14)10(6)15/h2-5,11,20-21H,1H3. The fourth-order valence-corrected chi connectivity index (χ4v) is 2.64. The predicted octanol–water partition coefficient (Wildman–Crippen LogP) is 2.85. The van der Waals surface area contributed by atoms with Gasteiger partial charge in [0.1, 0.15) is 0 Å². The van der Waals surface area contributed by atoms with Crippen LogP contribution in [-0.4, -0.2) is 30.9 Å². The van der Waals surface area contributed by atoms with Crippen molar-refractivity contribution in [3.8, 4) is 5.88 Å². The molecule has 0 fully saturated rings. The van der Waals surface area contributed by atoms with Gasteiger partial charge in [0.15, 0.2) is 11.6 Å². The highest BCUT2D eigenvalue weighted by Gasteiger charge is 2.20. The zero-order valence-electron chi connectivity index (χ0n) is 11.2. The highest BCUT2D eigenvalue weighted by molar-refractivity contribution is 7.98. The lowest BCUT2D eigenvalue weighted by molar-refractivity contribution is 0.432. The number of hydrogen-bond donors (Lipinski definition) is 2. The fourth-order valence-electron chi connectivity index (χ4n) is 1.97. The number of nitrogens with zero attached hydrogens (tertiary/aromatic N) is 4. The van der Waals surface area contributed by atoms with Gasteiger partial charge in [-0.05, 0) is 12.3 Å². The van der Waals surface area contributed by atoms with Crippen molar-refractivity contribution < 1.29 is 13.9 Å². The topological polar surface area (TPSA) is 63.3 Å². The largest absolute Gasteiger partial charge is 0.493 e. The van der Waals surface area contributed by atoms with Gasteiger partial charge >= 0.3 is 0 Å². The molecule has 0 amide bonds. The molecule has 3 rings (SSSR count). The molecule has 2 aromatic heterocycles. The van der Waals surface area contributed by atoms with Gasteiger partial charge in [-0.25, -0.2) is 13.8 Å². The molecule has 1 atom stereocenters. The first-order valence-electron chi connectivity index (χ1n) is 6.14. The summed E-state index contributed by atoms with van der Waals surface area (Å²) in [5.41, 5.74) is 0.280. The number of benzene rings is 1. The Kier molecular flexibility index (Phi) is 3.92. The van der Waals surface area contributed by atoms with Crippen molar-refractivity contribution in [2.45, 2.75) is 10.4 Å². The number of rotatable bonds is 3. The maximum absolute atomic E-state index is 13.9. The molecule has 0 saturated heterocycles. The molecule has 114 valence electrons. The Labute approximate surface area is 133 Å². The van der Waals surface area contributed by atoms with Gasteiger partial charge in [-0.15, -0.1) is 5.10 Å². The Morgan fingerprint density at radius 3 is 2.82 bits per heavy atom. The molecule has 0 saturated carbocycles. The SMILES string of the molecule is CSc1nc2nc(C(S)c3cccc(F)c3F)cc(O)n2n1. The quantitative estimate of drug-likeness (QED) is 0.567. The minimum atomic E-state index is -0.991. The van der Waals surface area contributed by atoms with Crippen molar-refractivity contribution in [2.24, 2.45) is 0 Å². The third-order valence-corrected chi connectivity index (χ3v) is 4.11. The van der Waals surface area contributed by atoms with Crippen LogP contribution in [0.1, 0.15) is 16.5 Å². The molecule has 0 aliphatic rings. The minimum absolute atomic E-state index is 0.0317. The molecule has 22 heavy (non-hydrogen) atoms. The van der Waals surface area contributed by atoms with Crippen molar-refractivity contribution in [3.05, 3.63) is 47.2 Å². The number of halogens is 2. The lowest BCUT2D eigenvalue weighted by atomic mass is 10.1. The van der Waals surface area contributed by atoms with E-state index in [-0.39, 0.29) is 22.9 Å². The molecule has 3 aromatic rings. The lowest BCUT2D eigenvalue weighted by Crippen LogP contribution is -2.04. The van der Waals surface area contributed by atoms with E-state index in [1.807, 2.05) is 0 Å². The van der Waals surface area contributed by atoms with Crippen LogP contribution in [0, 0.1) is 11.6 Å². The zero-order chi connectivity index (χ0) is 15.9. The second kappa shape index (κ2) is 5.73. The average molecular weight is 340 g/mol. The summed E-state index contributed by atoms with van der Waals surface area (Å²) < 4.78 is 28.4. The van der Waals surface area contributed by atoms with E-state index in [0.29, 0.717) is 5.16 Å². The summed E-state index contributed by atoms with van der Waals surface area (Å²) in [6.07, 6.45) is 1.79. The van der Waals surface area contributed by atoms with Gasteiger partial charge in [0.2, 0.25) is 11.0 Å². The van der Waals surface area contributed by atoms with Crippen LogP contribution in [0.5, 0.6) is 5.88 Å². The summed E-state index contributed by atoms with van der Waals surface area (Å²) in [5.74, 6) is -2.00. The van der Waals surface area contributed by atoms with E-state index >= 15 is 0 Å². The van der Waals surface area contributed by atoms with E-state index in [4.69, 9.17) is 0 Å². The molecule has 5 nitrogen and oxygen atoms in total. The Morgan fingerprint density at radius 2 is 2.09 bits per heavy atom. The normalized spacial score (nSPS) is 12.7. The summed E-state index contributed by atoms with van der Waals surface area (Å²) in [6, 6.07) is 5.12. The van der Waals surface area contributed by atoms with Crippen LogP contribution >= 0.6 is 24.4 Å². The molecule has 1 N–H and O–H groups in total. The number of thioether (sulfide) groups is 1. The van der Waals surface area contributed by atoms with Crippen LogP contribution in [0.25, 0.3) is 5.78 Å². The first-order valence-corrected chi connectivity index (χ1v) is 7.88. The van der Waals surface area contributed by atoms with Crippen LogP contribution in [0.3, 0.4) is 0 Å². The van der Waals surface area contributed by atoms with Crippen LogP contribution in [0.15, 0.2) is 29.4 Å². The van der Waals surface area contributed by atoms with Crippen LogP contribution < -0.4 is 0 Å². The highest BCUT2D eigenvalue weighted by Crippen LogP contribution is 2.31. The third kappa shape index (κ3) is 2.50. The molecular formula is C13H10F2N4OS2. The summed E-state index contributed by atoms with van der Waals surface area (Å²) in [7, 11) is 0. The zero-order valence-corrected chi connectivity index (χ0v) is 12.9. The molecule has 0 spiro atoms. The van der Waals surface area contributed by atoms with E-state index in [2.05, 4.69) is 27.7 Å². The molecule has 0 radical (unpaired) electrons. The first kappa shape index (κ1) is 15.0. The second-order valence-corrected chi connectivity index (χ2v) is 5.68. The summed E-state index contributed by atoms with van der Waals surface area (Å²) in [4.78, 5) is 8.31. The monoisotopic (exact) mass is 340 g/mol. The third-order valence-electron chi connectivity index (χ3n) is 3.03. The maximum Gasteiger partial charge on any atom is 0.256 e. The average Bonchev–Trinajstić information content (AvgIpc) is 2.93.